The lowest BCUT2D eigenvalue weighted by molar-refractivity contribution is -0.113. The molecule has 4 bridgehead atoms. The van der Waals surface area contributed by atoms with Gasteiger partial charge in [0.05, 0.1) is 0 Å². The SMILES string of the molecule is [B]N(C(=O)C=C1C2CC3CC1CN(C3)C2)c1cccc2ccccc12. The highest BCUT2D eigenvalue weighted by Gasteiger charge is 2.44. The second kappa shape index (κ2) is 5.74. The van der Waals surface area contributed by atoms with Crippen LogP contribution in [0.15, 0.2) is 54.1 Å². The number of benzene rings is 2. The van der Waals surface area contributed by atoms with E-state index in [-0.39, 0.29) is 5.91 Å². The van der Waals surface area contributed by atoms with Gasteiger partial charge in [0.2, 0.25) is 13.9 Å². The van der Waals surface area contributed by atoms with Crippen LogP contribution in [0.3, 0.4) is 0 Å². The lowest BCUT2D eigenvalue weighted by atomic mass is 9.65. The predicted molar refractivity (Wildman–Crippen MR) is 101 cm³/mol. The van der Waals surface area contributed by atoms with Crippen molar-refractivity contribution in [2.24, 2.45) is 17.8 Å². The van der Waals surface area contributed by atoms with Gasteiger partial charge in [0.1, 0.15) is 0 Å². The van der Waals surface area contributed by atoms with Crippen molar-refractivity contribution in [2.45, 2.75) is 12.8 Å². The van der Waals surface area contributed by atoms with Crippen molar-refractivity contribution in [3.05, 3.63) is 54.1 Å². The highest BCUT2D eigenvalue weighted by Crippen LogP contribution is 2.46. The van der Waals surface area contributed by atoms with E-state index in [0.29, 0.717) is 11.8 Å². The standard InChI is InChI=1S/C21H21BN2O/c22-24(20-7-3-5-15-4-1-2-6-18(15)20)21(25)10-19-16-8-14-9-17(19)13-23(11-14)12-16/h1-7,10,14,16-17H,8-9,11-13H2. The maximum atomic E-state index is 12.9. The number of hydrogen-bond donors (Lipinski definition) is 0. The molecule has 3 heterocycles. The normalized spacial score (nSPS) is 29.8. The maximum absolute atomic E-state index is 12.9. The molecule has 0 spiro atoms. The van der Waals surface area contributed by atoms with Crippen LogP contribution in [0.2, 0.25) is 0 Å². The summed E-state index contributed by atoms with van der Waals surface area (Å²) >= 11 is 0. The third-order valence-electron chi connectivity index (χ3n) is 6.21. The molecule has 0 N–H and O–H groups in total. The number of fused-ring (bicyclic) bond motifs is 1. The Labute approximate surface area is 149 Å². The van der Waals surface area contributed by atoms with Crippen molar-refractivity contribution in [2.75, 3.05) is 24.4 Å². The van der Waals surface area contributed by atoms with E-state index in [1.54, 1.807) is 0 Å². The zero-order chi connectivity index (χ0) is 17.0. The zero-order valence-electron chi connectivity index (χ0n) is 14.3. The summed E-state index contributed by atoms with van der Waals surface area (Å²) in [6, 6.07) is 14.0. The zero-order valence-corrected chi connectivity index (χ0v) is 14.3. The molecular formula is C21H21BN2O. The van der Waals surface area contributed by atoms with Crippen LogP contribution in [-0.2, 0) is 4.79 Å². The second-order valence-electron chi connectivity index (χ2n) is 7.80. The van der Waals surface area contributed by atoms with E-state index in [4.69, 9.17) is 7.98 Å². The summed E-state index contributed by atoms with van der Waals surface area (Å²) in [6.45, 7) is 3.49. The largest absolute Gasteiger partial charge is 0.365 e. The number of amides is 1. The first-order valence-electron chi connectivity index (χ1n) is 9.19. The first-order valence-corrected chi connectivity index (χ1v) is 9.19. The van der Waals surface area contributed by atoms with E-state index in [1.807, 2.05) is 48.5 Å². The minimum absolute atomic E-state index is 0.103. The smallest absolute Gasteiger partial charge is 0.239 e. The molecule has 124 valence electrons. The molecule has 3 aliphatic heterocycles. The Hall–Kier alpha value is -2.07. The molecule has 2 aromatic rings. The number of anilines is 1. The molecule has 1 saturated carbocycles. The van der Waals surface area contributed by atoms with Crippen LogP contribution < -0.4 is 4.81 Å². The lowest BCUT2D eigenvalue weighted by Gasteiger charge is -2.53. The first kappa shape index (κ1) is 15.2. The monoisotopic (exact) mass is 328 g/mol. The van der Waals surface area contributed by atoms with Gasteiger partial charge in [0.15, 0.2) is 0 Å². The van der Waals surface area contributed by atoms with Crippen molar-refractivity contribution in [3.63, 3.8) is 0 Å². The van der Waals surface area contributed by atoms with Crippen molar-refractivity contribution >= 4 is 30.3 Å². The van der Waals surface area contributed by atoms with Crippen LogP contribution in [0, 0.1) is 17.8 Å². The van der Waals surface area contributed by atoms with Gasteiger partial charge in [-0.2, -0.15) is 0 Å². The average Bonchev–Trinajstić information content (AvgIpc) is 2.63. The Morgan fingerprint density at radius 1 is 1.04 bits per heavy atom. The van der Waals surface area contributed by atoms with Crippen molar-refractivity contribution in [1.82, 2.24) is 4.90 Å². The summed E-state index contributed by atoms with van der Waals surface area (Å²) in [5, 5.41) is 2.11. The Kier molecular flexibility index (Phi) is 3.49. The van der Waals surface area contributed by atoms with Gasteiger partial charge >= 0.3 is 0 Å². The van der Waals surface area contributed by atoms with Gasteiger partial charge in [-0.3, -0.25) is 4.79 Å². The number of hydrogen-bond acceptors (Lipinski definition) is 2. The van der Waals surface area contributed by atoms with Gasteiger partial charge in [-0.15, -0.1) is 0 Å². The second-order valence-corrected chi connectivity index (χ2v) is 7.80. The molecule has 2 atom stereocenters. The Morgan fingerprint density at radius 2 is 1.76 bits per heavy atom. The molecule has 2 aromatic carbocycles. The van der Waals surface area contributed by atoms with Gasteiger partial charge in [-0.05, 0) is 42.0 Å². The summed E-state index contributed by atoms with van der Waals surface area (Å²) in [7, 11) is 6.24. The van der Waals surface area contributed by atoms with Crippen LogP contribution in [0.1, 0.15) is 12.8 Å². The fraction of sp³-hybridized carbons (Fsp3) is 0.381. The molecule has 0 aromatic heterocycles. The Morgan fingerprint density at radius 3 is 2.52 bits per heavy atom. The van der Waals surface area contributed by atoms with E-state index < -0.39 is 0 Å². The van der Waals surface area contributed by atoms with Gasteiger partial charge in [0.25, 0.3) is 0 Å². The summed E-state index contributed by atoms with van der Waals surface area (Å²) in [4.78, 5) is 16.8. The number of rotatable bonds is 2. The van der Waals surface area contributed by atoms with Gasteiger partial charge in [0, 0.05) is 36.8 Å². The predicted octanol–water partition coefficient (Wildman–Crippen LogP) is 3.15. The minimum atomic E-state index is -0.103. The Balaban J connectivity index is 1.46. The molecule has 4 fully saturated rings. The summed E-state index contributed by atoms with van der Waals surface area (Å²) in [6.07, 6.45) is 4.33. The summed E-state index contributed by atoms with van der Waals surface area (Å²) in [5.41, 5.74) is 2.11. The van der Waals surface area contributed by atoms with Crippen molar-refractivity contribution < 1.29 is 4.79 Å². The van der Waals surface area contributed by atoms with Crippen LogP contribution in [0.5, 0.6) is 0 Å². The molecule has 1 aliphatic carbocycles. The molecule has 3 nitrogen and oxygen atoms in total. The van der Waals surface area contributed by atoms with E-state index in [1.165, 1.54) is 29.8 Å². The molecular weight excluding hydrogens is 307 g/mol. The minimum Gasteiger partial charge on any atom is -0.365 e. The number of nitrogens with zero attached hydrogens (tertiary/aromatic N) is 2. The Bertz CT molecular complexity index is 840. The molecule has 3 saturated heterocycles. The van der Waals surface area contributed by atoms with Crippen LogP contribution in [-0.4, -0.2) is 38.4 Å². The average molecular weight is 328 g/mol. The molecule has 1 amide bonds. The van der Waals surface area contributed by atoms with E-state index in [0.717, 1.165) is 35.5 Å². The van der Waals surface area contributed by atoms with E-state index in [9.17, 15) is 4.79 Å². The molecule has 6 rings (SSSR count). The van der Waals surface area contributed by atoms with Gasteiger partial charge < -0.3 is 9.71 Å². The molecule has 4 aliphatic rings. The molecule has 2 radical (unpaired) electrons. The number of piperidine rings is 3. The summed E-state index contributed by atoms with van der Waals surface area (Å²) < 4.78 is 0. The van der Waals surface area contributed by atoms with Gasteiger partial charge in [-0.25, -0.2) is 0 Å². The molecule has 2 unspecified atom stereocenters. The highest BCUT2D eigenvalue weighted by atomic mass is 16.2. The van der Waals surface area contributed by atoms with E-state index in [2.05, 4.69) is 4.90 Å². The van der Waals surface area contributed by atoms with Crippen LogP contribution in [0.25, 0.3) is 10.8 Å². The van der Waals surface area contributed by atoms with E-state index >= 15 is 0 Å². The highest BCUT2D eigenvalue weighted by molar-refractivity contribution is 6.34. The maximum Gasteiger partial charge on any atom is 0.239 e. The van der Waals surface area contributed by atoms with Gasteiger partial charge in [-0.1, -0.05) is 42.0 Å². The fourth-order valence-corrected chi connectivity index (χ4v) is 5.21. The van der Waals surface area contributed by atoms with Crippen molar-refractivity contribution in [1.29, 1.82) is 0 Å². The topological polar surface area (TPSA) is 23.6 Å². The fourth-order valence-electron chi connectivity index (χ4n) is 5.21. The number of carbonyl (C=O) groups excluding carboxylic acids is 1. The molecule has 25 heavy (non-hydrogen) atoms. The summed E-state index contributed by atoms with van der Waals surface area (Å²) in [5.74, 6) is 1.83. The van der Waals surface area contributed by atoms with Crippen molar-refractivity contribution in [3.8, 4) is 0 Å². The first-order chi connectivity index (χ1) is 12.2. The third-order valence-corrected chi connectivity index (χ3v) is 6.21. The number of carbonyl (C=O) groups is 1. The lowest BCUT2D eigenvalue weighted by Crippen LogP contribution is -2.54. The molecule has 4 heteroatoms. The quantitative estimate of drug-likeness (QED) is 0.625. The third kappa shape index (κ3) is 2.51. The van der Waals surface area contributed by atoms with Crippen LogP contribution >= 0.6 is 0 Å². The van der Waals surface area contributed by atoms with Crippen LogP contribution in [0.4, 0.5) is 5.69 Å².